The van der Waals surface area contributed by atoms with E-state index in [1.54, 1.807) is 13.8 Å². The molecule has 2 rings (SSSR count). The minimum atomic E-state index is -3.80. The second kappa shape index (κ2) is 7.20. The fraction of sp³-hybridized carbons (Fsp3) is 0.444. The van der Waals surface area contributed by atoms with Crippen LogP contribution < -0.4 is 5.32 Å². The predicted molar refractivity (Wildman–Crippen MR) is 102 cm³/mol. The van der Waals surface area contributed by atoms with Crippen molar-refractivity contribution in [1.82, 2.24) is 14.5 Å². The molecule has 1 aromatic carbocycles. The monoisotopic (exact) mass is 378 g/mol. The first-order chi connectivity index (χ1) is 11.9. The molecule has 142 valence electrons. The summed E-state index contributed by atoms with van der Waals surface area (Å²) >= 11 is 0. The second-order valence-corrected chi connectivity index (χ2v) is 9.35. The molecular formula is C18H26N4O3S. The number of amides is 1. The Morgan fingerprint density at radius 2 is 1.85 bits per heavy atom. The number of para-hydroxylation sites is 1. The first-order valence-corrected chi connectivity index (χ1v) is 9.76. The van der Waals surface area contributed by atoms with Crippen molar-refractivity contribution in [2.45, 2.75) is 44.9 Å². The van der Waals surface area contributed by atoms with Crippen LogP contribution in [0.2, 0.25) is 0 Å². The summed E-state index contributed by atoms with van der Waals surface area (Å²) in [5.41, 5.74) is 2.36. The number of nitrogens with one attached hydrogen (secondary N) is 2. The fourth-order valence-corrected chi connectivity index (χ4v) is 4.25. The number of likely N-dealkylation sites (N-methyl/N-ethyl adjacent to an activating group) is 1. The van der Waals surface area contributed by atoms with Gasteiger partial charge in [0.2, 0.25) is 15.9 Å². The van der Waals surface area contributed by atoms with E-state index in [4.69, 9.17) is 0 Å². The number of aromatic nitrogens is 2. The van der Waals surface area contributed by atoms with Crippen LogP contribution in [-0.2, 0) is 20.2 Å². The van der Waals surface area contributed by atoms with Gasteiger partial charge in [0.1, 0.15) is 4.90 Å². The van der Waals surface area contributed by atoms with Crippen LogP contribution in [0.3, 0.4) is 0 Å². The predicted octanol–water partition coefficient (Wildman–Crippen LogP) is 2.58. The molecule has 8 heteroatoms. The zero-order valence-corrected chi connectivity index (χ0v) is 16.9. The number of hydrogen-bond acceptors (Lipinski definition) is 4. The SMILES string of the molecule is Cc1n[nH]c(C)c1S(=O)(=O)N(C)CC(=O)Nc1ccccc1C(C)(C)C. The minimum absolute atomic E-state index is 0.114. The van der Waals surface area contributed by atoms with E-state index in [1.165, 1.54) is 7.05 Å². The third-order valence-corrected chi connectivity index (χ3v) is 6.17. The summed E-state index contributed by atoms with van der Waals surface area (Å²) in [6, 6.07) is 7.52. The Morgan fingerprint density at radius 1 is 1.23 bits per heavy atom. The number of benzene rings is 1. The van der Waals surface area contributed by atoms with Crippen molar-refractivity contribution >= 4 is 21.6 Å². The molecule has 0 spiro atoms. The highest BCUT2D eigenvalue weighted by Gasteiger charge is 2.28. The third-order valence-electron chi connectivity index (χ3n) is 4.10. The molecule has 0 saturated carbocycles. The summed E-state index contributed by atoms with van der Waals surface area (Å²) in [5, 5.41) is 9.40. The van der Waals surface area contributed by atoms with Crippen LogP contribution in [0.15, 0.2) is 29.2 Å². The lowest BCUT2D eigenvalue weighted by Crippen LogP contribution is -2.35. The number of aromatic amines is 1. The van der Waals surface area contributed by atoms with E-state index in [9.17, 15) is 13.2 Å². The van der Waals surface area contributed by atoms with Gasteiger partial charge < -0.3 is 5.32 Å². The molecular weight excluding hydrogens is 352 g/mol. The van der Waals surface area contributed by atoms with Crippen molar-refractivity contribution in [2.24, 2.45) is 0 Å². The molecule has 0 fully saturated rings. The van der Waals surface area contributed by atoms with Crippen molar-refractivity contribution in [1.29, 1.82) is 0 Å². The van der Waals surface area contributed by atoms with Gasteiger partial charge in [0.15, 0.2) is 0 Å². The first-order valence-electron chi connectivity index (χ1n) is 8.32. The van der Waals surface area contributed by atoms with Gasteiger partial charge in [-0.3, -0.25) is 9.89 Å². The van der Waals surface area contributed by atoms with Gasteiger partial charge in [0.25, 0.3) is 0 Å². The zero-order valence-electron chi connectivity index (χ0n) is 16.0. The number of rotatable bonds is 5. The van der Waals surface area contributed by atoms with Crippen molar-refractivity contribution < 1.29 is 13.2 Å². The van der Waals surface area contributed by atoms with Crippen molar-refractivity contribution in [2.75, 3.05) is 18.9 Å². The smallest absolute Gasteiger partial charge is 0.246 e. The molecule has 1 amide bonds. The number of H-pyrrole nitrogens is 1. The van der Waals surface area contributed by atoms with E-state index in [0.29, 0.717) is 17.1 Å². The summed E-state index contributed by atoms with van der Waals surface area (Å²) < 4.78 is 26.5. The molecule has 2 aromatic rings. The van der Waals surface area contributed by atoms with Gasteiger partial charge in [-0.1, -0.05) is 39.0 Å². The number of aryl methyl sites for hydroxylation is 2. The van der Waals surface area contributed by atoms with Crippen LogP contribution in [-0.4, -0.2) is 42.4 Å². The second-order valence-electron chi connectivity index (χ2n) is 7.37. The highest BCUT2D eigenvalue weighted by atomic mass is 32.2. The summed E-state index contributed by atoms with van der Waals surface area (Å²) in [4.78, 5) is 12.6. The Hall–Kier alpha value is -2.19. The number of sulfonamides is 1. The Labute approximate surface area is 154 Å². The highest BCUT2D eigenvalue weighted by Crippen LogP contribution is 2.29. The molecule has 1 aromatic heterocycles. The van der Waals surface area contributed by atoms with Gasteiger partial charge in [-0.25, -0.2) is 8.42 Å². The molecule has 2 N–H and O–H groups in total. The largest absolute Gasteiger partial charge is 0.325 e. The minimum Gasteiger partial charge on any atom is -0.325 e. The maximum absolute atomic E-state index is 12.7. The number of hydrogen-bond donors (Lipinski definition) is 2. The fourth-order valence-electron chi connectivity index (χ4n) is 2.80. The number of anilines is 1. The highest BCUT2D eigenvalue weighted by molar-refractivity contribution is 7.89. The Morgan fingerprint density at radius 3 is 2.38 bits per heavy atom. The van der Waals surface area contributed by atoms with E-state index in [1.807, 2.05) is 24.3 Å². The van der Waals surface area contributed by atoms with E-state index < -0.39 is 15.9 Å². The van der Waals surface area contributed by atoms with Crippen molar-refractivity contribution in [3.63, 3.8) is 0 Å². The lowest BCUT2D eigenvalue weighted by atomic mass is 9.86. The summed E-state index contributed by atoms with van der Waals surface area (Å²) in [7, 11) is -2.42. The summed E-state index contributed by atoms with van der Waals surface area (Å²) in [6.45, 7) is 9.13. The van der Waals surface area contributed by atoms with Crippen LogP contribution in [0.1, 0.15) is 37.7 Å². The van der Waals surface area contributed by atoms with E-state index in [2.05, 4.69) is 36.3 Å². The molecule has 0 aliphatic carbocycles. The van der Waals surface area contributed by atoms with Crippen molar-refractivity contribution in [3.8, 4) is 0 Å². The molecule has 7 nitrogen and oxygen atoms in total. The third kappa shape index (κ3) is 4.13. The van der Waals surface area contributed by atoms with Crippen LogP contribution in [0.25, 0.3) is 0 Å². The van der Waals surface area contributed by atoms with E-state index in [0.717, 1.165) is 9.87 Å². The van der Waals surface area contributed by atoms with Crippen LogP contribution in [0.4, 0.5) is 5.69 Å². The van der Waals surface area contributed by atoms with Crippen molar-refractivity contribution in [3.05, 3.63) is 41.2 Å². The van der Waals surface area contributed by atoms with E-state index >= 15 is 0 Å². The van der Waals surface area contributed by atoms with Gasteiger partial charge in [0, 0.05) is 12.7 Å². The standard InChI is InChI=1S/C18H26N4O3S/c1-12-17(13(2)21-20-12)26(24,25)22(6)11-16(23)19-15-10-8-7-9-14(15)18(3,4)5/h7-10H,11H2,1-6H3,(H,19,23)(H,20,21). The lowest BCUT2D eigenvalue weighted by Gasteiger charge is -2.23. The lowest BCUT2D eigenvalue weighted by molar-refractivity contribution is -0.116. The van der Waals surface area contributed by atoms with Gasteiger partial charge in [0.05, 0.1) is 17.9 Å². The summed E-state index contributed by atoms with van der Waals surface area (Å²) in [5.74, 6) is -0.397. The molecule has 0 aliphatic heterocycles. The normalized spacial score (nSPS) is 12.4. The molecule has 0 aliphatic rings. The zero-order chi connectivity index (χ0) is 19.7. The topological polar surface area (TPSA) is 95.2 Å². The Balaban J connectivity index is 2.19. The Kier molecular flexibility index (Phi) is 5.58. The first kappa shape index (κ1) is 20.1. The van der Waals surface area contributed by atoms with Gasteiger partial charge >= 0.3 is 0 Å². The van der Waals surface area contributed by atoms with Crippen LogP contribution >= 0.6 is 0 Å². The molecule has 26 heavy (non-hydrogen) atoms. The molecule has 1 heterocycles. The average molecular weight is 378 g/mol. The van der Waals surface area contributed by atoms with E-state index in [-0.39, 0.29) is 16.9 Å². The number of carbonyl (C=O) groups excluding carboxylic acids is 1. The molecule has 0 unspecified atom stereocenters. The summed E-state index contributed by atoms with van der Waals surface area (Å²) in [6.07, 6.45) is 0. The molecule has 0 radical (unpaired) electrons. The Bertz CT molecular complexity index is 891. The molecule has 0 atom stereocenters. The van der Waals surface area contributed by atoms with Gasteiger partial charge in [-0.05, 0) is 30.9 Å². The quantitative estimate of drug-likeness (QED) is 0.836. The molecule has 0 bridgehead atoms. The number of nitrogens with zero attached hydrogens (tertiary/aromatic N) is 2. The average Bonchev–Trinajstić information content (AvgIpc) is 2.86. The maximum Gasteiger partial charge on any atom is 0.246 e. The van der Waals surface area contributed by atoms with Crippen LogP contribution in [0, 0.1) is 13.8 Å². The van der Waals surface area contributed by atoms with Gasteiger partial charge in [-0.15, -0.1) is 0 Å². The number of carbonyl (C=O) groups is 1. The van der Waals surface area contributed by atoms with Crippen LogP contribution in [0.5, 0.6) is 0 Å². The maximum atomic E-state index is 12.7. The van der Waals surface area contributed by atoms with Gasteiger partial charge in [-0.2, -0.15) is 9.40 Å². The molecule has 0 saturated heterocycles.